The molecule has 0 aromatic heterocycles. The molecule has 0 heterocycles. The Morgan fingerprint density at radius 2 is 1.16 bits per heavy atom. The lowest BCUT2D eigenvalue weighted by Gasteiger charge is -2.11. The predicted octanol–water partition coefficient (Wildman–Crippen LogP) is 3.77. The van der Waals surface area contributed by atoms with Gasteiger partial charge in [0.25, 0.3) is 0 Å². The summed E-state index contributed by atoms with van der Waals surface area (Å²) in [7, 11) is 0.699. The van der Waals surface area contributed by atoms with Gasteiger partial charge in [-0.25, -0.2) is 0 Å². The molecule has 96 valence electrons. The van der Waals surface area contributed by atoms with E-state index in [0.29, 0.717) is 8.58 Å². The Bertz CT molecular complexity index is 518. The third-order valence-corrected chi connectivity index (χ3v) is 4.55. The molecule has 0 saturated heterocycles. The second kappa shape index (κ2) is 7.07. The lowest BCUT2D eigenvalue weighted by molar-refractivity contribution is 1.30. The summed E-state index contributed by atoms with van der Waals surface area (Å²) in [5, 5.41) is 2.83. The van der Waals surface area contributed by atoms with E-state index < -0.39 is 0 Å². The minimum atomic E-state index is 0.699. The molecular weight excluding hydrogens is 247 g/mol. The summed E-state index contributed by atoms with van der Waals surface area (Å²) in [6.45, 7) is 7.68. The third-order valence-electron chi connectivity index (χ3n) is 3.03. The Hall–Kier alpha value is -1.65. The van der Waals surface area contributed by atoms with E-state index in [9.17, 15) is 0 Å². The summed E-state index contributed by atoms with van der Waals surface area (Å²) < 4.78 is 0. The summed E-state index contributed by atoms with van der Waals surface area (Å²) in [6, 6.07) is 17.3. The zero-order valence-electron chi connectivity index (χ0n) is 11.1. The standard InChI is InChI=1S/C18H19P/c1-3-9-15-11-5-7-13-17(15)19-18-14-8-6-12-16(18)10-4-2/h3-8,11-14,19H,1-2,9-10H2. The van der Waals surface area contributed by atoms with Gasteiger partial charge < -0.3 is 0 Å². The summed E-state index contributed by atoms with van der Waals surface area (Å²) in [6.07, 6.45) is 5.82. The van der Waals surface area contributed by atoms with Gasteiger partial charge in [0.1, 0.15) is 0 Å². The minimum absolute atomic E-state index is 0.699. The van der Waals surface area contributed by atoms with Crippen molar-refractivity contribution < 1.29 is 0 Å². The largest absolute Gasteiger partial charge is 0.103 e. The zero-order valence-corrected chi connectivity index (χ0v) is 12.1. The number of benzene rings is 2. The molecule has 0 aliphatic heterocycles. The monoisotopic (exact) mass is 266 g/mol. The summed E-state index contributed by atoms with van der Waals surface area (Å²) in [5.41, 5.74) is 2.76. The predicted molar refractivity (Wildman–Crippen MR) is 88.3 cm³/mol. The molecule has 1 heteroatoms. The SMILES string of the molecule is C=CCc1ccccc1Pc1ccccc1CC=C. The van der Waals surface area contributed by atoms with Crippen molar-refractivity contribution in [2.75, 3.05) is 0 Å². The molecule has 0 fully saturated rings. The lowest BCUT2D eigenvalue weighted by Crippen LogP contribution is -2.11. The summed E-state index contributed by atoms with van der Waals surface area (Å²) in [5.74, 6) is 0. The molecule has 2 aromatic carbocycles. The van der Waals surface area contributed by atoms with Gasteiger partial charge in [0, 0.05) is 0 Å². The van der Waals surface area contributed by atoms with Crippen LogP contribution in [0.3, 0.4) is 0 Å². The molecule has 19 heavy (non-hydrogen) atoms. The fraction of sp³-hybridized carbons (Fsp3) is 0.111. The van der Waals surface area contributed by atoms with Crippen LogP contribution in [0.5, 0.6) is 0 Å². The Balaban J connectivity index is 2.30. The van der Waals surface area contributed by atoms with Gasteiger partial charge in [-0.3, -0.25) is 0 Å². The first-order valence-electron chi connectivity index (χ1n) is 6.49. The highest BCUT2D eigenvalue weighted by Gasteiger charge is 2.05. The molecule has 0 amide bonds. The number of allylic oxidation sites excluding steroid dienone is 2. The van der Waals surface area contributed by atoms with Crippen LogP contribution in [0.4, 0.5) is 0 Å². The highest BCUT2D eigenvalue weighted by molar-refractivity contribution is 7.55. The lowest BCUT2D eigenvalue weighted by atomic mass is 10.1. The molecule has 0 saturated carbocycles. The van der Waals surface area contributed by atoms with Gasteiger partial charge in [-0.15, -0.1) is 13.2 Å². The molecule has 2 rings (SSSR count). The van der Waals surface area contributed by atoms with Gasteiger partial charge in [-0.1, -0.05) is 69.3 Å². The van der Waals surface area contributed by atoms with Gasteiger partial charge in [-0.2, -0.15) is 0 Å². The van der Waals surface area contributed by atoms with Crippen LogP contribution in [-0.2, 0) is 12.8 Å². The zero-order chi connectivity index (χ0) is 13.5. The van der Waals surface area contributed by atoms with Crippen molar-refractivity contribution in [1.29, 1.82) is 0 Å². The van der Waals surface area contributed by atoms with Crippen LogP contribution in [0.1, 0.15) is 11.1 Å². The first-order valence-corrected chi connectivity index (χ1v) is 7.49. The molecule has 0 nitrogen and oxygen atoms in total. The first-order chi connectivity index (χ1) is 9.35. The molecule has 0 bridgehead atoms. The molecule has 2 aromatic rings. The van der Waals surface area contributed by atoms with Gasteiger partial charge >= 0.3 is 0 Å². The van der Waals surface area contributed by atoms with Gasteiger partial charge in [-0.05, 0) is 34.6 Å². The number of hydrogen-bond acceptors (Lipinski definition) is 0. The maximum absolute atomic E-state index is 3.84. The normalized spacial score (nSPS) is 10.1. The highest BCUT2D eigenvalue weighted by atomic mass is 31.1. The van der Waals surface area contributed by atoms with Crippen molar-refractivity contribution >= 4 is 19.2 Å². The fourth-order valence-corrected chi connectivity index (χ4v) is 3.44. The van der Waals surface area contributed by atoms with Crippen molar-refractivity contribution in [1.82, 2.24) is 0 Å². The van der Waals surface area contributed by atoms with Crippen LogP contribution in [-0.4, -0.2) is 0 Å². The van der Waals surface area contributed by atoms with Gasteiger partial charge in [0.2, 0.25) is 0 Å². The van der Waals surface area contributed by atoms with Crippen molar-refractivity contribution in [3.05, 3.63) is 85.0 Å². The molecular formula is C18H19P. The van der Waals surface area contributed by atoms with Gasteiger partial charge in [0.15, 0.2) is 0 Å². The molecule has 0 N–H and O–H groups in total. The van der Waals surface area contributed by atoms with Crippen LogP contribution >= 0.6 is 8.58 Å². The Labute approximate surface area is 117 Å². The van der Waals surface area contributed by atoms with Crippen LogP contribution in [0, 0.1) is 0 Å². The fourth-order valence-electron chi connectivity index (χ4n) is 2.10. The first kappa shape index (κ1) is 13.8. The number of rotatable bonds is 6. The summed E-state index contributed by atoms with van der Waals surface area (Å²) in [4.78, 5) is 0. The Morgan fingerprint density at radius 1 is 0.737 bits per heavy atom. The second-order valence-corrected chi connectivity index (χ2v) is 5.75. The van der Waals surface area contributed by atoms with Crippen molar-refractivity contribution in [2.45, 2.75) is 12.8 Å². The quantitative estimate of drug-likeness (QED) is 0.551. The molecule has 0 atom stereocenters. The van der Waals surface area contributed by atoms with Crippen molar-refractivity contribution in [3.8, 4) is 0 Å². The average molecular weight is 266 g/mol. The van der Waals surface area contributed by atoms with E-state index in [0.717, 1.165) is 12.8 Å². The van der Waals surface area contributed by atoms with E-state index in [1.54, 1.807) is 0 Å². The molecule has 0 unspecified atom stereocenters. The molecule has 0 aliphatic rings. The topological polar surface area (TPSA) is 0 Å². The van der Waals surface area contributed by atoms with E-state index in [1.807, 2.05) is 12.2 Å². The van der Waals surface area contributed by atoms with Gasteiger partial charge in [0.05, 0.1) is 0 Å². The number of hydrogen-bond donors (Lipinski definition) is 0. The maximum Gasteiger partial charge on any atom is -0.00938 e. The van der Waals surface area contributed by atoms with E-state index >= 15 is 0 Å². The minimum Gasteiger partial charge on any atom is -0.103 e. The van der Waals surface area contributed by atoms with E-state index in [-0.39, 0.29) is 0 Å². The molecule has 0 radical (unpaired) electrons. The Morgan fingerprint density at radius 3 is 1.58 bits per heavy atom. The van der Waals surface area contributed by atoms with E-state index in [4.69, 9.17) is 0 Å². The Kier molecular flexibility index (Phi) is 5.12. The third kappa shape index (κ3) is 3.66. The second-order valence-electron chi connectivity index (χ2n) is 4.42. The molecule has 0 spiro atoms. The molecule has 0 aliphatic carbocycles. The van der Waals surface area contributed by atoms with Crippen LogP contribution in [0.25, 0.3) is 0 Å². The smallest absolute Gasteiger partial charge is 0.00938 e. The van der Waals surface area contributed by atoms with E-state index in [2.05, 4.69) is 61.7 Å². The average Bonchev–Trinajstić information content (AvgIpc) is 2.44. The maximum atomic E-state index is 3.84. The highest BCUT2D eigenvalue weighted by Crippen LogP contribution is 2.17. The van der Waals surface area contributed by atoms with Crippen LogP contribution in [0.2, 0.25) is 0 Å². The van der Waals surface area contributed by atoms with E-state index in [1.165, 1.54) is 21.7 Å². The summed E-state index contributed by atoms with van der Waals surface area (Å²) >= 11 is 0. The van der Waals surface area contributed by atoms with Crippen LogP contribution in [0.15, 0.2) is 73.8 Å². The van der Waals surface area contributed by atoms with Crippen LogP contribution < -0.4 is 10.6 Å². The van der Waals surface area contributed by atoms with Crippen molar-refractivity contribution in [3.63, 3.8) is 0 Å². The van der Waals surface area contributed by atoms with Crippen molar-refractivity contribution in [2.24, 2.45) is 0 Å².